The molecule has 0 spiro atoms. The highest BCUT2D eigenvalue weighted by Crippen LogP contribution is 2.25. The number of pyridine rings is 2. The van der Waals surface area contributed by atoms with Crippen molar-refractivity contribution in [3.05, 3.63) is 84.4 Å². The minimum atomic E-state index is -4.14. The number of nitrogens with one attached hydrogen (secondary N) is 1. The number of nitrogens with zero attached hydrogens (tertiary/aromatic N) is 3. The molecule has 10 heteroatoms. The van der Waals surface area contributed by atoms with Crippen molar-refractivity contribution in [2.75, 3.05) is 7.11 Å². The lowest BCUT2D eigenvalue weighted by Gasteiger charge is -2.29. The Hall–Kier alpha value is -3.34. The van der Waals surface area contributed by atoms with Crippen molar-refractivity contribution in [1.82, 2.24) is 19.8 Å². The SMILES string of the molecule is COc1ccc(S(=O)(=O)N(Cc2cccnc2)C(Cc2cccnc2)C(=O)NO)cc1. The third-order valence-electron chi connectivity index (χ3n) is 4.64. The highest BCUT2D eigenvalue weighted by atomic mass is 32.2. The highest BCUT2D eigenvalue weighted by molar-refractivity contribution is 7.89. The topological polar surface area (TPSA) is 122 Å². The second-order valence-electron chi connectivity index (χ2n) is 6.64. The maximum absolute atomic E-state index is 13.6. The molecule has 162 valence electrons. The summed E-state index contributed by atoms with van der Waals surface area (Å²) in [6, 6.07) is 11.4. The summed E-state index contributed by atoms with van der Waals surface area (Å²) in [6.45, 7) is -0.124. The molecule has 1 aromatic carbocycles. The molecular formula is C21H22N4O5S. The molecule has 3 aromatic rings. The Labute approximate surface area is 180 Å². The molecule has 2 heterocycles. The van der Waals surface area contributed by atoms with Crippen LogP contribution in [0.3, 0.4) is 0 Å². The Morgan fingerprint density at radius 1 is 1.06 bits per heavy atom. The van der Waals surface area contributed by atoms with E-state index in [1.165, 1.54) is 37.6 Å². The average Bonchev–Trinajstić information content (AvgIpc) is 2.82. The maximum Gasteiger partial charge on any atom is 0.262 e. The largest absolute Gasteiger partial charge is 0.497 e. The summed E-state index contributed by atoms with van der Waals surface area (Å²) in [5.41, 5.74) is 2.81. The van der Waals surface area contributed by atoms with Gasteiger partial charge < -0.3 is 4.74 Å². The van der Waals surface area contributed by atoms with Gasteiger partial charge in [-0.2, -0.15) is 4.31 Å². The van der Waals surface area contributed by atoms with Gasteiger partial charge in [-0.25, -0.2) is 13.9 Å². The normalized spacial score (nSPS) is 12.4. The van der Waals surface area contributed by atoms with Gasteiger partial charge in [0.2, 0.25) is 10.0 Å². The van der Waals surface area contributed by atoms with E-state index < -0.39 is 22.0 Å². The van der Waals surface area contributed by atoms with Gasteiger partial charge >= 0.3 is 0 Å². The third-order valence-corrected chi connectivity index (χ3v) is 6.51. The first kappa shape index (κ1) is 22.3. The Bertz CT molecular complexity index is 1090. The van der Waals surface area contributed by atoms with Crippen molar-refractivity contribution < 1.29 is 23.2 Å². The number of benzene rings is 1. The minimum Gasteiger partial charge on any atom is -0.497 e. The summed E-state index contributed by atoms with van der Waals surface area (Å²) < 4.78 is 33.3. The molecule has 0 radical (unpaired) electrons. The number of aromatic nitrogens is 2. The van der Waals surface area contributed by atoms with E-state index in [0.717, 1.165) is 4.31 Å². The molecule has 0 aliphatic rings. The third kappa shape index (κ3) is 5.43. The number of sulfonamides is 1. The Morgan fingerprint density at radius 3 is 2.19 bits per heavy atom. The molecule has 0 saturated carbocycles. The Kier molecular flexibility index (Phi) is 7.29. The number of hydrogen-bond donors (Lipinski definition) is 2. The van der Waals surface area contributed by atoms with Gasteiger partial charge in [0.05, 0.1) is 12.0 Å². The van der Waals surface area contributed by atoms with Gasteiger partial charge in [0.15, 0.2) is 0 Å². The van der Waals surface area contributed by atoms with E-state index in [4.69, 9.17) is 4.74 Å². The zero-order valence-electron chi connectivity index (χ0n) is 16.7. The number of ether oxygens (including phenoxy) is 1. The second kappa shape index (κ2) is 10.1. The van der Waals surface area contributed by atoms with Crippen LogP contribution in [0.5, 0.6) is 5.75 Å². The lowest BCUT2D eigenvalue weighted by Crippen LogP contribution is -2.49. The quantitative estimate of drug-likeness (QED) is 0.383. The van der Waals surface area contributed by atoms with Crippen LogP contribution in [0, 0.1) is 0 Å². The first-order chi connectivity index (χ1) is 15.0. The van der Waals surface area contributed by atoms with E-state index >= 15 is 0 Å². The van der Waals surface area contributed by atoms with Gasteiger partial charge in [0.1, 0.15) is 11.8 Å². The number of amides is 1. The minimum absolute atomic E-state index is 0.00980. The van der Waals surface area contributed by atoms with E-state index in [2.05, 4.69) is 9.97 Å². The van der Waals surface area contributed by atoms with Crippen LogP contribution in [0.15, 0.2) is 78.2 Å². The lowest BCUT2D eigenvalue weighted by molar-refractivity contribution is -0.133. The molecule has 0 aliphatic carbocycles. The number of rotatable bonds is 9. The average molecular weight is 442 g/mol. The molecule has 2 aromatic heterocycles. The van der Waals surface area contributed by atoms with Crippen LogP contribution in [0.2, 0.25) is 0 Å². The number of hydrogen-bond acceptors (Lipinski definition) is 7. The molecule has 2 N–H and O–H groups in total. The lowest BCUT2D eigenvalue weighted by atomic mass is 10.1. The van der Waals surface area contributed by atoms with Crippen LogP contribution >= 0.6 is 0 Å². The van der Waals surface area contributed by atoms with E-state index in [1.54, 1.807) is 48.3 Å². The van der Waals surface area contributed by atoms with Crippen LogP contribution < -0.4 is 10.2 Å². The van der Waals surface area contributed by atoms with Gasteiger partial charge in [0.25, 0.3) is 5.91 Å². The van der Waals surface area contributed by atoms with Crippen LogP contribution in [0.25, 0.3) is 0 Å². The first-order valence-electron chi connectivity index (χ1n) is 9.33. The molecule has 0 bridgehead atoms. The number of carbonyl (C=O) groups is 1. The molecular weight excluding hydrogens is 420 g/mol. The van der Waals surface area contributed by atoms with Crippen molar-refractivity contribution in [2.24, 2.45) is 0 Å². The molecule has 3 rings (SSSR count). The Morgan fingerprint density at radius 2 is 1.68 bits per heavy atom. The zero-order valence-corrected chi connectivity index (χ0v) is 17.6. The summed E-state index contributed by atoms with van der Waals surface area (Å²) in [5, 5.41) is 9.34. The number of hydroxylamine groups is 1. The number of carbonyl (C=O) groups excluding carboxylic acids is 1. The molecule has 31 heavy (non-hydrogen) atoms. The molecule has 0 aliphatic heterocycles. The van der Waals surface area contributed by atoms with Crippen LogP contribution in [0.1, 0.15) is 11.1 Å². The summed E-state index contributed by atoms with van der Waals surface area (Å²) in [5.74, 6) is -0.359. The predicted octanol–water partition coefficient (Wildman–Crippen LogP) is 1.79. The smallest absolute Gasteiger partial charge is 0.262 e. The maximum atomic E-state index is 13.6. The summed E-state index contributed by atoms with van der Waals surface area (Å²) in [7, 11) is -2.66. The standard InChI is InChI=1S/C21H22N4O5S/c1-30-18-6-8-19(9-7-18)31(28,29)25(15-17-5-3-11-23-14-17)20(21(26)24-27)12-16-4-2-10-22-13-16/h2-11,13-14,20,27H,12,15H2,1H3,(H,24,26). The highest BCUT2D eigenvalue weighted by Gasteiger charge is 2.36. The van der Waals surface area contributed by atoms with Gasteiger partial charge in [-0.05, 0) is 53.9 Å². The predicted molar refractivity (Wildman–Crippen MR) is 112 cm³/mol. The van der Waals surface area contributed by atoms with Crippen molar-refractivity contribution in [3.8, 4) is 5.75 Å². The van der Waals surface area contributed by atoms with E-state index in [9.17, 15) is 18.4 Å². The van der Waals surface area contributed by atoms with Crippen molar-refractivity contribution in [3.63, 3.8) is 0 Å². The van der Waals surface area contributed by atoms with Crippen LogP contribution in [0.4, 0.5) is 0 Å². The van der Waals surface area contributed by atoms with E-state index in [1.807, 2.05) is 0 Å². The number of methoxy groups -OCH3 is 1. The fourth-order valence-electron chi connectivity index (χ4n) is 3.06. The fourth-order valence-corrected chi connectivity index (χ4v) is 4.63. The molecule has 9 nitrogen and oxygen atoms in total. The summed E-state index contributed by atoms with van der Waals surface area (Å²) in [4.78, 5) is 20.6. The Balaban J connectivity index is 2.06. The van der Waals surface area contributed by atoms with Crippen LogP contribution in [-0.4, -0.2) is 47.0 Å². The molecule has 1 unspecified atom stereocenters. The summed E-state index contributed by atoms with van der Waals surface area (Å²) in [6.07, 6.45) is 6.22. The van der Waals surface area contributed by atoms with Gasteiger partial charge in [0, 0.05) is 31.3 Å². The van der Waals surface area contributed by atoms with Gasteiger partial charge in [-0.15, -0.1) is 0 Å². The molecule has 1 atom stereocenters. The second-order valence-corrected chi connectivity index (χ2v) is 8.53. The molecule has 0 saturated heterocycles. The molecule has 1 amide bonds. The fraction of sp³-hybridized carbons (Fsp3) is 0.190. The summed E-state index contributed by atoms with van der Waals surface area (Å²) >= 11 is 0. The van der Waals surface area contributed by atoms with Crippen LogP contribution in [-0.2, 0) is 27.8 Å². The van der Waals surface area contributed by atoms with E-state index in [0.29, 0.717) is 16.9 Å². The monoisotopic (exact) mass is 442 g/mol. The zero-order chi connectivity index (χ0) is 22.3. The van der Waals surface area contributed by atoms with Crippen molar-refractivity contribution in [1.29, 1.82) is 0 Å². The van der Waals surface area contributed by atoms with Crippen molar-refractivity contribution in [2.45, 2.75) is 23.9 Å². The molecule has 0 fully saturated rings. The van der Waals surface area contributed by atoms with Gasteiger partial charge in [-0.1, -0.05) is 12.1 Å². The van der Waals surface area contributed by atoms with E-state index in [-0.39, 0.29) is 17.9 Å². The van der Waals surface area contributed by atoms with Crippen molar-refractivity contribution >= 4 is 15.9 Å². The van der Waals surface area contributed by atoms with Gasteiger partial charge in [-0.3, -0.25) is 20.0 Å². The first-order valence-corrected chi connectivity index (χ1v) is 10.8.